The quantitative estimate of drug-likeness (QED) is 0.228. The zero-order valence-corrected chi connectivity index (χ0v) is 22.0. The molecule has 1 saturated heterocycles. The summed E-state index contributed by atoms with van der Waals surface area (Å²) in [6.45, 7) is 1.91. The number of amides is 1. The van der Waals surface area contributed by atoms with Gasteiger partial charge in [-0.3, -0.25) is 19.9 Å². The van der Waals surface area contributed by atoms with Crippen LogP contribution in [0.5, 0.6) is 0 Å². The molecule has 1 aromatic carbocycles. The topological polar surface area (TPSA) is 137 Å². The molecule has 0 atom stereocenters. The van der Waals surface area contributed by atoms with E-state index in [0.717, 1.165) is 37.0 Å². The molecule has 6 heterocycles. The molecule has 0 unspecified atom stereocenters. The van der Waals surface area contributed by atoms with Gasteiger partial charge in [0, 0.05) is 29.9 Å². The van der Waals surface area contributed by atoms with Gasteiger partial charge in [0.05, 0.1) is 40.3 Å². The van der Waals surface area contributed by atoms with Crippen molar-refractivity contribution in [2.75, 3.05) is 18.4 Å². The summed E-state index contributed by atoms with van der Waals surface area (Å²) in [6.07, 6.45) is 9.24. The van der Waals surface area contributed by atoms with E-state index in [2.05, 4.69) is 35.8 Å². The van der Waals surface area contributed by atoms with Gasteiger partial charge >= 0.3 is 0 Å². The van der Waals surface area contributed by atoms with E-state index in [4.69, 9.17) is 9.97 Å². The molecule has 11 heteroatoms. The number of fused-ring (bicyclic) bond motifs is 2. The van der Waals surface area contributed by atoms with Gasteiger partial charge in [0.1, 0.15) is 11.3 Å². The second-order valence-corrected chi connectivity index (χ2v) is 10.3. The summed E-state index contributed by atoms with van der Waals surface area (Å²) < 4.78 is 13.9. The Bertz CT molecular complexity index is 1890. The van der Waals surface area contributed by atoms with Gasteiger partial charge in [-0.05, 0) is 67.7 Å². The van der Waals surface area contributed by atoms with Crippen molar-refractivity contribution in [1.82, 2.24) is 40.4 Å². The number of rotatable bonds is 6. The van der Waals surface area contributed by atoms with Crippen molar-refractivity contribution >= 4 is 33.7 Å². The number of carbonyl (C=O) groups excluding carboxylic acids is 1. The highest BCUT2D eigenvalue weighted by atomic mass is 19.1. The lowest BCUT2D eigenvalue weighted by Crippen LogP contribution is -2.30. The van der Waals surface area contributed by atoms with Crippen molar-refractivity contribution in [2.45, 2.75) is 19.3 Å². The monoisotopic (exact) mass is 547 g/mol. The van der Waals surface area contributed by atoms with Gasteiger partial charge in [-0.15, -0.1) is 0 Å². The minimum atomic E-state index is -0.329. The molecule has 1 aliphatic rings. The van der Waals surface area contributed by atoms with Crippen molar-refractivity contribution in [3.63, 3.8) is 0 Å². The summed E-state index contributed by atoms with van der Waals surface area (Å²) in [7, 11) is 0. The van der Waals surface area contributed by atoms with E-state index in [1.807, 2.05) is 24.3 Å². The van der Waals surface area contributed by atoms with Gasteiger partial charge in [0.25, 0.3) is 0 Å². The highest BCUT2D eigenvalue weighted by Gasteiger charge is 2.19. The lowest BCUT2D eigenvalue weighted by Gasteiger charge is -2.21. The largest absolute Gasteiger partial charge is 0.335 e. The van der Waals surface area contributed by atoms with Gasteiger partial charge in [0.15, 0.2) is 11.5 Å². The van der Waals surface area contributed by atoms with Crippen LogP contribution in [0.15, 0.2) is 67.3 Å². The van der Waals surface area contributed by atoms with Crippen molar-refractivity contribution < 1.29 is 9.18 Å². The molecule has 1 aliphatic heterocycles. The Hall–Kier alpha value is -5.03. The SMILES string of the molecule is O=C(CC1CCNCC1)Nc1cncc(-c2ccc3[nH]nc(-c4nc5c(-c6cccc(F)c6)cncc5[nH]4)c3n2)c1. The molecule has 1 fully saturated rings. The minimum Gasteiger partial charge on any atom is -0.335 e. The molecule has 0 radical (unpaired) electrons. The van der Waals surface area contributed by atoms with Gasteiger partial charge in [0.2, 0.25) is 5.91 Å². The Labute approximate surface area is 233 Å². The number of hydrogen-bond donors (Lipinski definition) is 4. The van der Waals surface area contributed by atoms with Crippen molar-refractivity contribution in [2.24, 2.45) is 5.92 Å². The molecule has 41 heavy (non-hydrogen) atoms. The van der Waals surface area contributed by atoms with Gasteiger partial charge < -0.3 is 15.6 Å². The van der Waals surface area contributed by atoms with Gasteiger partial charge in [-0.1, -0.05) is 12.1 Å². The first-order chi connectivity index (χ1) is 20.1. The number of pyridine rings is 3. The number of halogens is 1. The normalized spacial score (nSPS) is 14.1. The number of H-pyrrole nitrogens is 2. The van der Waals surface area contributed by atoms with Crippen LogP contribution in [-0.4, -0.2) is 54.1 Å². The van der Waals surface area contributed by atoms with E-state index in [1.54, 1.807) is 30.9 Å². The van der Waals surface area contributed by atoms with Crippen LogP contribution >= 0.6 is 0 Å². The van der Waals surface area contributed by atoms with Gasteiger partial charge in [-0.2, -0.15) is 5.10 Å². The van der Waals surface area contributed by atoms with Crippen LogP contribution in [0, 0.1) is 11.7 Å². The van der Waals surface area contributed by atoms with Gasteiger partial charge in [-0.25, -0.2) is 14.4 Å². The summed E-state index contributed by atoms with van der Waals surface area (Å²) in [5.74, 6) is 0.576. The molecule has 1 amide bonds. The molecule has 0 saturated carbocycles. The van der Waals surface area contributed by atoms with E-state index in [0.29, 0.717) is 62.9 Å². The standard InChI is InChI=1S/C30H26FN9O/c31-20-3-1-2-18(11-20)22-15-34-16-25-27(22)38-30(37-25)29-28-24(39-40-29)5-4-23(36-28)19-12-21(14-33-13-19)35-26(41)10-17-6-8-32-9-7-17/h1-5,11-17,32H,6-10H2,(H,35,41)(H,37,38)(H,39,40). The second kappa shape index (κ2) is 10.5. The van der Waals surface area contributed by atoms with E-state index < -0.39 is 0 Å². The number of piperidine rings is 1. The number of anilines is 1. The lowest BCUT2D eigenvalue weighted by molar-refractivity contribution is -0.117. The van der Waals surface area contributed by atoms with Crippen LogP contribution in [0.4, 0.5) is 10.1 Å². The predicted octanol–water partition coefficient (Wildman–Crippen LogP) is 5.09. The number of carbonyl (C=O) groups is 1. The number of aromatic nitrogens is 7. The number of imidazole rings is 1. The summed E-state index contributed by atoms with van der Waals surface area (Å²) >= 11 is 0. The predicted molar refractivity (Wildman–Crippen MR) is 154 cm³/mol. The van der Waals surface area contributed by atoms with Crippen LogP contribution in [0.25, 0.3) is 56.0 Å². The first-order valence-corrected chi connectivity index (χ1v) is 13.5. The van der Waals surface area contributed by atoms with Crippen molar-refractivity contribution in [3.05, 3.63) is 73.1 Å². The maximum atomic E-state index is 13.9. The molecule has 5 aromatic heterocycles. The minimum absolute atomic E-state index is 0.00614. The highest BCUT2D eigenvalue weighted by Crippen LogP contribution is 2.32. The Morgan fingerprint density at radius 3 is 2.68 bits per heavy atom. The molecule has 7 rings (SSSR count). The number of aromatic amines is 2. The third-order valence-electron chi connectivity index (χ3n) is 7.41. The van der Waals surface area contributed by atoms with E-state index in [9.17, 15) is 9.18 Å². The maximum absolute atomic E-state index is 13.9. The summed E-state index contributed by atoms with van der Waals surface area (Å²) in [6, 6.07) is 12.0. The van der Waals surface area contributed by atoms with Crippen LogP contribution in [0.1, 0.15) is 19.3 Å². The van der Waals surface area contributed by atoms with Crippen LogP contribution < -0.4 is 10.6 Å². The fraction of sp³-hybridized carbons (Fsp3) is 0.200. The Balaban J connectivity index is 1.19. The highest BCUT2D eigenvalue weighted by molar-refractivity contribution is 5.96. The number of nitrogens with one attached hydrogen (secondary N) is 4. The third-order valence-corrected chi connectivity index (χ3v) is 7.41. The fourth-order valence-electron chi connectivity index (χ4n) is 5.35. The summed E-state index contributed by atoms with van der Waals surface area (Å²) in [4.78, 5) is 34.3. The Morgan fingerprint density at radius 2 is 1.80 bits per heavy atom. The molecule has 0 bridgehead atoms. The van der Waals surface area contributed by atoms with E-state index in [-0.39, 0.29) is 11.7 Å². The first-order valence-electron chi connectivity index (χ1n) is 13.5. The van der Waals surface area contributed by atoms with Crippen molar-refractivity contribution in [1.29, 1.82) is 0 Å². The first kappa shape index (κ1) is 25.0. The van der Waals surface area contributed by atoms with Crippen molar-refractivity contribution in [3.8, 4) is 33.9 Å². The average molecular weight is 548 g/mol. The van der Waals surface area contributed by atoms with E-state index in [1.165, 1.54) is 12.1 Å². The number of nitrogens with zero attached hydrogens (tertiary/aromatic N) is 5. The number of benzene rings is 1. The zero-order valence-electron chi connectivity index (χ0n) is 22.0. The summed E-state index contributed by atoms with van der Waals surface area (Å²) in [5, 5.41) is 13.8. The molecule has 204 valence electrons. The second-order valence-electron chi connectivity index (χ2n) is 10.3. The average Bonchev–Trinajstić information content (AvgIpc) is 3.61. The summed E-state index contributed by atoms with van der Waals surface area (Å²) in [5.41, 5.74) is 6.74. The lowest BCUT2D eigenvalue weighted by atomic mass is 9.94. The van der Waals surface area contributed by atoms with E-state index >= 15 is 0 Å². The van der Waals surface area contributed by atoms with Crippen LogP contribution in [0.3, 0.4) is 0 Å². The fourth-order valence-corrected chi connectivity index (χ4v) is 5.35. The molecule has 6 aromatic rings. The molecular weight excluding hydrogens is 521 g/mol. The molecule has 0 spiro atoms. The maximum Gasteiger partial charge on any atom is 0.224 e. The van der Waals surface area contributed by atoms with Crippen LogP contribution in [0.2, 0.25) is 0 Å². The Morgan fingerprint density at radius 1 is 0.927 bits per heavy atom. The molecule has 0 aliphatic carbocycles. The molecular formula is C30H26FN9O. The Kier molecular flexibility index (Phi) is 6.40. The zero-order chi connectivity index (χ0) is 27.8. The molecule has 4 N–H and O–H groups in total. The van der Waals surface area contributed by atoms with Crippen LogP contribution in [-0.2, 0) is 4.79 Å². The number of hydrogen-bond acceptors (Lipinski definition) is 7. The smallest absolute Gasteiger partial charge is 0.224 e. The molecule has 10 nitrogen and oxygen atoms in total. The third kappa shape index (κ3) is 5.03.